The Morgan fingerprint density at radius 1 is 1.10 bits per heavy atom. The maximum Gasteiger partial charge on any atom is 0.0369 e. The predicted molar refractivity (Wildman–Crippen MR) is 90.7 cm³/mol. The van der Waals surface area contributed by atoms with Gasteiger partial charge in [-0.3, -0.25) is 0 Å². The van der Waals surface area contributed by atoms with Gasteiger partial charge in [0.25, 0.3) is 0 Å². The summed E-state index contributed by atoms with van der Waals surface area (Å²) in [5, 5.41) is 3.71. The second-order valence-electron chi connectivity index (χ2n) is 6.17. The number of benzene rings is 1. The van der Waals surface area contributed by atoms with Crippen molar-refractivity contribution in [2.75, 3.05) is 25.0 Å². The number of nitrogens with zero attached hydrogens (tertiary/aromatic N) is 1. The van der Waals surface area contributed by atoms with E-state index >= 15 is 0 Å². The van der Waals surface area contributed by atoms with Crippen molar-refractivity contribution in [1.29, 1.82) is 0 Å². The average Bonchev–Trinajstić information content (AvgIpc) is 2.41. The summed E-state index contributed by atoms with van der Waals surface area (Å²) in [5.41, 5.74) is 4.01. The minimum atomic E-state index is 0.561. The molecule has 0 spiro atoms. The van der Waals surface area contributed by atoms with E-state index in [4.69, 9.17) is 0 Å². The number of hydrogen-bond donors (Lipinski definition) is 1. The van der Waals surface area contributed by atoms with Crippen molar-refractivity contribution in [2.24, 2.45) is 5.92 Å². The Morgan fingerprint density at radius 2 is 1.70 bits per heavy atom. The van der Waals surface area contributed by atoms with Gasteiger partial charge in [0.2, 0.25) is 0 Å². The van der Waals surface area contributed by atoms with E-state index < -0.39 is 0 Å². The van der Waals surface area contributed by atoms with Crippen LogP contribution < -0.4 is 10.2 Å². The van der Waals surface area contributed by atoms with Crippen LogP contribution in [0.3, 0.4) is 0 Å². The second kappa shape index (κ2) is 8.31. The van der Waals surface area contributed by atoms with E-state index in [1.165, 1.54) is 29.7 Å². The van der Waals surface area contributed by atoms with Gasteiger partial charge < -0.3 is 10.2 Å². The minimum Gasteiger partial charge on any atom is -0.373 e. The summed E-state index contributed by atoms with van der Waals surface area (Å²) in [7, 11) is 2.21. The van der Waals surface area contributed by atoms with E-state index in [9.17, 15) is 0 Å². The fraction of sp³-hybridized carbons (Fsp3) is 0.667. The van der Waals surface area contributed by atoms with Crippen molar-refractivity contribution in [2.45, 2.75) is 53.5 Å². The molecule has 0 saturated heterocycles. The molecule has 2 heteroatoms. The van der Waals surface area contributed by atoms with Crippen LogP contribution in [0.4, 0.5) is 5.69 Å². The quantitative estimate of drug-likeness (QED) is 0.767. The monoisotopic (exact) mass is 276 g/mol. The molecule has 0 aliphatic rings. The first-order chi connectivity index (χ1) is 9.47. The number of hydrogen-bond acceptors (Lipinski definition) is 2. The molecular formula is C18H32N2. The van der Waals surface area contributed by atoms with Gasteiger partial charge in [0.15, 0.2) is 0 Å². The zero-order chi connectivity index (χ0) is 15.1. The number of nitrogens with one attached hydrogen (secondary N) is 1. The highest BCUT2D eigenvalue weighted by Gasteiger charge is 2.17. The molecule has 0 fully saturated rings. The van der Waals surface area contributed by atoms with E-state index in [-0.39, 0.29) is 0 Å². The zero-order valence-electron chi connectivity index (χ0n) is 14.2. The fourth-order valence-corrected chi connectivity index (χ4v) is 2.63. The first kappa shape index (κ1) is 17.0. The minimum absolute atomic E-state index is 0.561. The molecule has 0 radical (unpaired) electrons. The summed E-state index contributed by atoms with van der Waals surface area (Å²) >= 11 is 0. The molecule has 0 heterocycles. The summed E-state index contributed by atoms with van der Waals surface area (Å²) in [5.74, 6) is 0.704. The number of aryl methyl sites for hydroxylation is 2. The van der Waals surface area contributed by atoms with Crippen LogP contribution in [-0.4, -0.2) is 26.2 Å². The Morgan fingerprint density at radius 3 is 2.20 bits per heavy atom. The third kappa shape index (κ3) is 5.16. The lowest BCUT2D eigenvalue weighted by atomic mass is 9.98. The van der Waals surface area contributed by atoms with Crippen LogP contribution in [-0.2, 0) is 0 Å². The van der Waals surface area contributed by atoms with E-state index in [0.29, 0.717) is 12.0 Å². The number of rotatable bonds is 8. The molecule has 1 N–H and O–H groups in total. The third-order valence-electron chi connectivity index (χ3n) is 4.11. The van der Waals surface area contributed by atoms with Crippen LogP contribution in [0.1, 0.15) is 44.7 Å². The van der Waals surface area contributed by atoms with Crippen molar-refractivity contribution >= 4 is 5.69 Å². The Balaban J connectivity index is 2.75. The van der Waals surface area contributed by atoms with Gasteiger partial charge in [0.05, 0.1) is 0 Å². The summed E-state index contributed by atoms with van der Waals surface area (Å²) < 4.78 is 0. The molecule has 0 aliphatic carbocycles. The smallest absolute Gasteiger partial charge is 0.0369 e. The van der Waals surface area contributed by atoms with Crippen molar-refractivity contribution in [1.82, 2.24) is 5.32 Å². The molecule has 0 amide bonds. The summed E-state index contributed by atoms with van der Waals surface area (Å²) in [6.45, 7) is 13.4. The average molecular weight is 276 g/mol. The first-order valence-corrected chi connectivity index (χ1v) is 8.00. The van der Waals surface area contributed by atoms with Gasteiger partial charge in [-0.05, 0) is 56.0 Å². The normalized spacial score (nSPS) is 14.1. The predicted octanol–water partition coefficient (Wildman–Crippen LogP) is 4.15. The standard InChI is InChI=1S/C18H32N2/c1-7-9-19-18(16(5)8-2)13-20(6)17-11-14(3)10-15(4)12-17/h10-12,16,18-19H,7-9,13H2,1-6H3. The first-order valence-electron chi connectivity index (χ1n) is 8.00. The van der Waals surface area contributed by atoms with Crippen molar-refractivity contribution < 1.29 is 0 Å². The van der Waals surface area contributed by atoms with Crippen molar-refractivity contribution in [3.63, 3.8) is 0 Å². The molecule has 20 heavy (non-hydrogen) atoms. The molecule has 114 valence electrons. The second-order valence-corrected chi connectivity index (χ2v) is 6.17. The van der Waals surface area contributed by atoms with Crippen LogP contribution in [0, 0.1) is 19.8 Å². The van der Waals surface area contributed by atoms with Gasteiger partial charge in [-0.15, -0.1) is 0 Å². The van der Waals surface area contributed by atoms with E-state index in [1.54, 1.807) is 0 Å². The molecule has 2 nitrogen and oxygen atoms in total. The van der Waals surface area contributed by atoms with Crippen molar-refractivity contribution in [3.05, 3.63) is 29.3 Å². The van der Waals surface area contributed by atoms with Gasteiger partial charge >= 0.3 is 0 Å². The van der Waals surface area contributed by atoms with Crippen LogP contribution >= 0.6 is 0 Å². The Bertz CT molecular complexity index is 380. The highest BCUT2D eigenvalue weighted by atomic mass is 15.1. The summed E-state index contributed by atoms with van der Waals surface area (Å²) in [4.78, 5) is 2.39. The van der Waals surface area contributed by atoms with Crippen molar-refractivity contribution in [3.8, 4) is 0 Å². The maximum atomic E-state index is 3.71. The Kier molecular flexibility index (Phi) is 7.08. The molecule has 0 bridgehead atoms. The van der Waals surface area contributed by atoms with Gasteiger partial charge in [-0.1, -0.05) is 33.3 Å². The molecule has 0 aliphatic heterocycles. The SMILES string of the molecule is CCCNC(CN(C)c1cc(C)cc(C)c1)C(C)CC. The van der Waals surface area contributed by atoms with Crippen LogP contribution in [0.2, 0.25) is 0 Å². The highest BCUT2D eigenvalue weighted by molar-refractivity contribution is 5.50. The van der Waals surface area contributed by atoms with E-state index in [0.717, 1.165) is 13.1 Å². The maximum absolute atomic E-state index is 3.71. The van der Waals surface area contributed by atoms with Gasteiger partial charge in [-0.25, -0.2) is 0 Å². The molecule has 2 atom stereocenters. The molecule has 1 aromatic carbocycles. The van der Waals surface area contributed by atoms with Crippen LogP contribution in [0.5, 0.6) is 0 Å². The largest absolute Gasteiger partial charge is 0.373 e. The summed E-state index contributed by atoms with van der Waals surface area (Å²) in [6.07, 6.45) is 2.42. The highest BCUT2D eigenvalue weighted by Crippen LogP contribution is 2.19. The fourth-order valence-electron chi connectivity index (χ4n) is 2.63. The van der Waals surface area contributed by atoms with E-state index in [1.807, 2.05) is 0 Å². The molecule has 1 aromatic rings. The lowest BCUT2D eigenvalue weighted by Crippen LogP contribution is -2.44. The van der Waals surface area contributed by atoms with Crippen LogP contribution in [0.25, 0.3) is 0 Å². The van der Waals surface area contributed by atoms with E-state index in [2.05, 4.69) is 70.1 Å². The van der Waals surface area contributed by atoms with Crippen LogP contribution in [0.15, 0.2) is 18.2 Å². The van der Waals surface area contributed by atoms with Gasteiger partial charge in [-0.2, -0.15) is 0 Å². The molecular weight excluding hydrogens is 244 g/mol. The molecule has 0 saturated carbocycles. The molecule has 2 unspecified atom stereocenters. The lowest BCUT2D eigenvalue weighted by Gasteiger charge is -2.30. The van der Waals surface area contributed by atoms with Gasteiger partial charge in [0.1, 0.15) is 0 Å². The zero-order valence-corrected chi connectivity index (χ0v) is 14.2. The molecule has 0 aromatic heterocycles. The van der Waals surface area contributed by atoms with Gasteiger partial charge in [0, 0.05) is 25.3 Å². The number of likely N-dealkylation sites (N-methyl/N-ethyl adjacent to an activating group) is 1. The Labute approximate surface area is 125 Å². The number of anilines is 1. The Hall–Kier alpha value is -1.02. The third-order valence-corrected chi connectivity index (χ3v) is 4.11. The topological polar surface area (TPSA) is 15.3 Å². The lowest BCUT2D eigenvalue weighted by molar-refractivity contribution is 0.370. The summed E-state index contributed by atoms with van der Waals surface area (Å²) in [6, 6.07) is 7.35. The molecule has 1 rings (SSSR count).